The molecule has 1 aromatic carbocycles. The van der Waals surface area contributed by atoms with Gasteiger partial charge < -0.3 is 9.64 Å². The number of nitrogens with one attached hydrogen (secondary N) is 1. The first kappa shape index (κ1) is 21.7. The molecular weight excluding hydrogens is 400 g/mol. The number of hydrogen-bond donors (Lipinski definition) is 1. The fraction of sp³-hybridized carbons (Fsp3) is 0.615. The number of aromatic nitrogens is 2. The molecule has 1 saturated carbocycles. The maximum atomic E-state index is 13.4. The summed E-state index contributed by atoms with van der Waals surface area (Å²) in [7, 11) is 0. The molecule has 0 spiro atoms. The van der Waals surface area contributed by atoms with Gasteiger partial charge in [-0.3, -0.25) is 14.8 Å². The van der Waals surface area contributed by atoms with Gasteiger partial charge in [0.15, 0.2) is 0 Å². The highest BCUT2D eigenvalue weighted by molar-refractivity contribution is 5.92. The number of hydrogen-bond acceptors (Lipinski definition) is 4. The van der Waals surface area contributed by atoms with Gasteiger partial charge in [-0.2, -0.15) is 5.10 Å². The number of aryl methyl sites for hydroxylation is 1. The van der Waals surface area contributed by atoms with Crippen LogP contribution in [0.1, 0.15) is 71.8 Å². The van der Waals surface area contributed by atoms with Gasteiger partial charge in [-0.25, -0.2) is 0 Å². The van der Waals surface area contributed by atoms with Crippen LogP contribution >= 0.6 is 0 Å². The van der Waals surface area contributed by atoms with Crippen molar-refractivity contribution in [2.45, 2.75) is 64.0 Å². The van der Waals surface area contributed by atoms with E-state index in [0.29, 0.717) is 24.1 Å². The number of nitrogens with zero attached hydrogens (tertiary/aromatic N) is 3. The third kappa shape index (κ3) is 5.24. The highest BCUT2D eigenvalue weighted by Crippen LogP contribution is 2.39. The number of carbonyl (C=O) groups is 1. The Morgan fingerprint density at radius 2 is 1.97 bits per heavy atom. The van der Waals surface area contributed by atoms with Crippen molar-refractivity contribution in [2.24, 2.45) is 5.92 Å². The van der Waals surface area contributed by atoms with Gasteiger partial charge in [0.25, 0.3) is 5.91 Å². The average Bonchev–Trinajstić information content (AvgIpc) is 3.31. The van der Waals surface area contributed by atoms with E-state index in [2.05, 4.69) is 46.3 Å². The van der Waals surface area contributed by atoms with Crippen LogP contribution in [0, 0.1) is 12.8 Å². The molecule has 1 atom stereocenters. The summed E-state index contributed by atoms with van der Waals surface area (Å²) < 4.78 is 5.88. The molecule has 1 aromatic heterocycles. The van der Waals surface area contributed by atoms with Crippen molar-refractivity contribution in [1.82, 2.24) is 20.0 Å². The molecule has 3 aliphatic rings. The maximum Gasteiger partial charge on any atom is 0.274 e. The number of aromatic amines is 1. The Bertz CT molecular complexity index is 908. The van der Waals surface area contributed by atoms with E-state index in [0.717, 1.165) is 64.2 Å². The van der Waals surface area contributed by atoms with Crippen LogP contribution in [0.2, 0.25) is 0 Å². The number of ether oxygens (including phenoxy) is 1. The van der Waals surface area contributed by atoms with Crippen LogP contribution in [-0.4, -0.2) is 64.8 Å². The first-order valence-electron chi connectivity index (χ1n) is 12.4. The van der Waals surface area contributed by atoms with E-state index in [9.17, 15) is 4.79 Å². The molecule has 1 aliphatic carbocycles. The number of piperidine rings is 1. The van der Waals surface area contributed by atoms with Gasteiger partial charge in [0, 0.05) is 37.9 Å². The Kier molecular flexibility index (Phi) is 6.60. The summed E-state index contributed by atoms with van der Waals surface area (Å²) in [5.74, 6) is 1.18. The van der Waals surface area contributed by atoms with E-state index in [1.807, 2.05) is 11.0 Å². The molecule has 6 heteroatoms. The number of carbonyl (C=O) groups excluding carboxylic acids is 1. The molecule has 172 valence electrons. The van der Waals surface area contributed by atoms with Crippen LogP contribution in [0.4, 0.5) is 0 Å². The van der Waals surface area contributed by atoms with Gasteiger partial charge in [0.05, 0.1) is 6.10 Å². The van der Waals surface area contributed by atoms with E-state index in [1.54, 1.807) is 0 Å². The first-order chi connectivity index (χ1) is 15.7. The number of amides is 1. The molecule has 1 unspecified atom stereocenters. The van der Waals surface area contributed by atoms with Crippen LogP contribution in [0.15, 0.2) is 30.3 Å². The third-order valence-corrected chi connectivity index (χ3v) is 7.41. The normalized spacial score (nSPS) is 22.3. The van der Waals surface area contributed by atoms with Crippen molar-refractivity contribution in [3.63, 3.8) is 0 Å². The van der Waals surface area contributed by atoms with Crippen molar-refractivity contribution < 1.29 is 9.53 Å². The zero-order valence-corrected chi connectivity index (χ0v) is 19.3. The third-order valence-electron chi connectivity index (χ3n) is 7.41. The number of likely N-dealkylation sites (tertiary alicyclic amines) is 1. The standard InChI is InChI=1S/C26H36N4O2/c1-19-5-2-3-6-22(19)17-29-12-10-20(11-13-29)16-30(18-23-7-4-14-32-23)26(31)25-15-24(27-28-25)21-8-9-21/h2-3,5-6,15,20-21,23H,4,7-14,16-18H2,1H3,(H,27,28). The molecule has 2 saturated heterocycles. The second-order valence-electron chi connectivity index (χ2n) is 9.97. The summed E-state index contributed by atoms with van der Waals surface area (Å²) in [5.41, 5.74) is 4.48. The van der Waals surface area contributed by atoms with Gasteiger partial charge in [-0.05, 0) is 81.6 Å². The van der Waals surface area contributed by atoms with Crippen LogP contribution < -0.4 is 0 Å². The highest BCUT2D eigenvalue weighted by Gasteiger charge is 2.31. The Morgan fingerprint density at radius 1 is 1.16 bits per heavy atom. The van der Waals surface area contributed by atoms with Gasteiger partial charge in [-0.15, -0.1) is 0 Å². The molecule has 32 heavy (non-hydrogen) atoms. The van der Waals surface area contributed by atoms with E-state index in [-0.39, 0.29) is 12.0 Å². The molecule has 2 aliphatic heterocycles. The number of rotatable bonds is 8. The van der Waals surface area contributed by atoms with Crippen LogP contribution in [0.5, 0.6) is 0 Å². The van der Waals surface area contributed by atoms with E-state index >= 15 is 0 Å². The zero-order chi connectivity index (χ0) is 21.9. The van der Waals surface area contributed by atoms with Crippen molar-refractivity contribution >= 4 is 5.91 Å². The predicted molar refractivity (Wildman–Crippen MR) is 125 cm³/mol. The lowest BCUT2D eigenvalue weighted by atomic mass is 9.95. The summed E-state index contributed by atoms with van der Waals surface area (Å²) in [5, 5.41) is 7.47. The van der Waals surface area contributed by atoms with Gasteiger partial charge in [0.1, 0.15) is 5.69 Å². The monoisotopic (exact) mass is 436 g/mol. The van der Waals surface area contributed by atoms with E-state index < -0.39 is 0 Å². The second kappa shape index (κ2) is 9.75. The molecule has 5 rings (SSSR count). The summed E-state index contributed by atoms with van der Waals surface area (Å²) in [6, 6.07) is 10.7. The van der Waals surface area contributed by atoms with Crippen molar-refractivity contribution in [3.05, 3.63) is 52.8 Å². The fourth-order valence-electron chi connectivity index (χ4n) is 5.15. The van der Waals surface area contributed by atoms with Gasteiger partial charge >= 0.3 is 0 Å². The summed E-state index contributed by atoms with van der Waals surface area (Å²) in [4.78, 5) is 18.0. The van der Waals surface area contributed by atoms with Crippen LogP contribution in [0.25, 0.3) is 0 Å². The topological polar surface area (TPSA) is 61.5 Å². The quantitative estimate of drug-likeness (QED) is 0.676. The average molecular weight is 437 g/mol. The van der Waals surface area contributed by atoms with Gasteiger partial charge in [0.2, 0.25) is 0 Å². The maximum absolute atomic E-state index is 13.4. The smallest absolute Gasteiger partial charge is 0.274 e. The van der Waals surface area contributed by atoms with Crippen molar-refractivity contribution in [1.29, 1.82) is 0 Å². The lowest BCUT2D eigenvalue weighted by molar-refractivity contribution is 0.0440. The minimum Gasteiger partial charge on any atom is -0.376 e. The number of benzene rings is 1. The van der Waals surface area contributed by atoms with Crippen molar-refractivity contribution in [3.8, 4) is 0 Å². The fourth-order valence-corrected chi connectivity index (χ4v) is 5.15. The molecule has 6 nitrogen and oxygen atoms in total. The van der Waals surface area contributed by atoms with Gasteiger partial charge in [-0.1, -0.05) is 24.3 Å². The molecule has 0 radical (unpaired) electrons. The van der Waals surface area contributed by atoms with E-state index in [4.69, 9.17) is 4.74 Å². The Balaban J connectivity index is 1.19. The molecule has 2 aromatic rings. The Morgan fingerprint density at radius 3 is 2.69 bits per heavy atom. The molecule has 3 heterocycles. The van der Waals surface area contributed by atoms with Crippen molar-refractivity contribution in [2.75, 3.05) is 32.8 Å². The molecule has 1 amide bonds. The SMILES string of the molecule is Cc1ccccc1CN1CCC(CN(CC2CCCO2)C(=O)c2cc(C3CC3)[nH]n2)CC1. The predicted octanol–water partition coefficient (Wildman–Crippen LogP) is 4.13. The van der Waals surface area contributed by atoms with Crippen LogP contribution in [0.3, 0.4) is 0 Å². The zero-order valence-electron chi connectivity index (χ0n) is 19.3. The lowest BCUT2D eigenvalue weighted by Gasteiger charge is -2.35. The molecule has 1 N–H and O–H groups in total. The minimum absolute atomic E-state index is 0.0611. The summed E-state index contributed by atoms with van der Waals surface area (Å²) in [6.07, 6.45) is 6.99. The Labute approximate surface area is 191 Å². The summed E-state index contributed by atoms with van der Waals surface area (Å²) >= 11 is 0. The molecule has 0 bridgehead atoms. The van der Waals surface area contributed by atoms with Crippen LogP contribution in [-0.2, 0) is 11.3 Å². The minimum atomic E-state index is 0.0611. The molecular formula is C26H36N4O2. The first-order valence-corrected chi connectivity index (χ1v) is 12.4. The second-order valence-corrected chi connectivity index (χ2v) is 9.97. The number of H-pyrrole nitrogens is 1. The lowest BCUT2D eigenvalue weighted by Crippen LogP contribution is -2.43. The molecule has 3 fully saturated rings. The Hall–Kier alpha value is -2.18. The highest BCUT2D eigenvalue weighted by atomic mass is 16.5. The van der Waals surface area contributed by atoms with E-state index in [1.165, 1.54) is 24.0 Å². The largest absolute Gasteiger partial charge is 0.376 e. The summed E-state index contributed by atoms with van der Waals surface area (Å²) in [6.45, 7) is 7.72.